The van der Waals surface area contributed by atoms with Crippen LogP contribution in [0.15, 0.2) is 0 Å². The molecular weight excluding hydrogens is 335 g/mol. The van der Waals surface area contributed by atoms with Crippen LogP contribution < -0.4 is 0 Å². The molecule has 0 aromatic heterocycles. The van der Waals surface area contributed by atoms with Gasteiger partial charge in [0.15, 0.2) is 0 Å². The Morgan fingerprint density at radius 1 is 1.00 bits per heavy atom. The molecule has 0 saturated heterocycles. The first-order valence-electron chi connectivity index (χ1n) is 0. The van der Waals surface area contributed by atoms with Crippen LogP contribution in [0.1, 0.15) is 0 Å². The van der Waals surface area contributed by atoms with Crippen molar-refractivity contribution in [3.63, 3.8) is 0 Å². The fourth-order valence-corrected chi connectivity index (χ4v) is 0. The van der Waals surface area contributed by atoms with Gasteiger partial charge in [-0.15, -0.1) is 0 Å². The molecule has 0 aromatic carbocycles. The third kappa shape index (κ3) is 8.94. The Morgan fingerprint density at radius 2 is 1.00 bits per heavy atom. The molecule has 0 fully saturated rings. The normalized spacial score (nSPS) is 0. The van der Waals surface area contributed by atoms with Gasteiger partial charge in [-0.05, 0) is 0 Å². The molecule has 0 heterocycles. The molecule has 0 aliphatic carbocycles. The number of hydrogen-bond acceptors (Lipinski definition) is 0. The summed E-state index contributed by atoms with van der Waals surface area (Å²) in [5, 5.41) is 0. The van der Waals surface area contributed by atoms with E-state index in [9.17, 15) is 0 Å². The molecule has 0 unspecified atom stereocenters. The van der Waals surface area contributed by atoms with Crippen molar-refractivity contribution >= 4 is 65.2 Å². The fraction of sp³-hybridized carbons (Fsp3) is 0. The van der Waals surface area contributed by atoms with Crippen molar-refractivity contribution in [2.45, 2.75) is 0 Å². The van der Waals surface area contributed by atoms with E-state index in [-0.39, 0.29) is 70.6 Å². The molecule has 0 rings (SSSR count). The molecule has 4 heavy (non-hydrogen) atoms. The zero-order valence-corrected chi connectivity index (χ0v) is 9.19. The van der Waals surface area contributed by atoms with Crippen molar-refractivity contribution < 1.29 is 5.48 Å². The summed E-state index contributed by atoms with van der Waals surface area (Å²) in [6, 6.07) is 0. The van der Waals surface area contributed by atoms with Crippen LogP contribution in [0.4, 0.5) is 0 Å². The summed E-state index contributed by atoms with van der Waals surface area (Å²) in [5.41, 5.74) is 0. The maximum Gasteiger partial charge on any atom is 0 e. The average Bonchev–Trinajstić information content (AvgIpc) is 0. The van der Waals surface area contributed by atoms with E-state index in [0.717, 1.165) is 0 Å². The predicted molar refractivity (Wildman–Crippen MR) is 20.9 cm³/mol. The van der Waals surface area contributed by atoms with Crippen molar-refractivity contribution in [2.24, 2.45) is 0 Å². The van der Waals surface area contributed by atoms with Crippen LogP contribution in [-0.2, 0) is 0 Å². The van der Waals surface area contributed by atoms with Gasteiger partial charge in [-0.25, -0.2) is 0 Å². The SMILES string of the molecule is O.[Ge].[Sn].[Te]. The van der Waals surface area contributed by atoms with Crippen LogP contribution in [-0.4, -0.2) is 70.6 Å². The fourth-order valence-electron chi connectivity index (χ4n) is 0. The van der Waals surface area contributed by atoms with Crippen molar-refractivity contribution in [1.82, 2.24) is 0 Å². The van der Waals surface area contributed by atoms with Gasteiger partial charge in [0.1, 0.15) is 0 Å². The molecule has 0 amide bonds. The molecule has 10 radical (unpaired) electrons. The zero-order chi connectivity index (χ0) is 0. The van der Waals surface area contributed by atoms with Gasteiger partial charge in [0.2, 0.25) is 0 Å². The third-order valence-corrected chi connectivity index (χ3v) is 0. The summed E-state index contributed by atoms with van der Waals surface area (Å²) in [6.45, 7) is 0. The standard InChI is InChI=1S/Ge.H2O.Sn.Te/h;1H2;;. The van der Waals surface area contributed by atoms with Crippen LogP contribution >= 0.6 is 0 Å². The summed E-state index contributed by atoms with van der Waals surface area (Å²) in [7, 11) is 0. The molecular formula is H2GeOSnTe. The number of rotatable bonds is 0. The molecule has 1 nitrogen and oxygen atoms in total. The summed E-state index contributed by atoms with van der Waals surface area (Å²) >= 11 is 0. The van der Waals surface area contributed by atoms with Crippen LogP contribution in [0.5, 0.6) is 0 Å². The van der Waals surface area contributed by atoms with Crippen LogP contribution in [0.2, 0.25) is 0 Å². The second-order valence-electron chi connectivity index (χ2n) is 0. The number of hydrogen-bond donors (Lipinski definition) is 0. The predicted octanol–water partition coefficient (Wildman–Crippen LogP) is -1.97. The Labute approximate surface area is 69.9 Å². The van der Waals surface area contributed by atoms with Crippen molar-refractivity contribution in [2.75, 3.05) is 0 Å². The van der Waals surface area contributed by atoms with E-state index in [1.807, 2.05) is 0 Å². The van der Waals surface area contributed by atoms with Crippen molar-refractivity contribution in [1.29, 1.82) is 0 Å². The molecule has 22 valence electrons. The molecule has 2 N–H and O–H groups in total. The first-order chi connectivity index (χ1) is 0. The quantitative estimate of drug-likeness (QED) is 0.460. The zero-order valence-electron chi connectivity index (χ0n) is 1.91. The van der Waals surface area contributed by atoms with E-state index in [4.69, 9.17) is 0 Å². The smallest absolute Gasteiger partial charge is 0 e. The van der Waals surface area contributed by atoms with E-state index in [2.05, 4.69) is 0 Å². The molecule has 0 aromatic rings. The molecule has 0 bridgehead atoms. The molecule has 0 atom stereocenters. The van der Waals surface area contributed by atoms with E-state index in [0.29, 0.717) is 0 Å². The monoisotopic (exact) mass is 342 g/mol. The Balaban J connectivity index is 0. The van der Waals surface area contributed by atoms with Gasteiger partial charge in [0.25, 0.3) is 0 Å². The average molecular weight is 337 g/mol. The summed E-state index contributed by atoms with van der Waals surface area (Å²) in [6.07, 6.45) is 0. The second-order valence-corrected chi connectivity index (χ2v) is 0. The molecule has 0 aliphatic heterocycles. The topological polar surface area (TPSA) is 31.5 Å². The maximum atomic E-state index is 0. The summed E-state index contributed by atoms with van der Waals surface area (Å²) < 4.78 is 0. The molecule has 0 saturated carbocycles. The van der Waals surface area contributed by atoms with Crippen LogP contribution in [0.25, 0.3) is 0 Å². The van der Waals surface area contributed by atoms with E-state index >= 15 is 0 Å². The van der Waals surface area contributed by atoms with Crippen LogP contribution in [0, 0.1) is 0 Å². The second kappa shape index (κ2) is 19.5. The van der Waals surface area contributed by atoms with E-state index < -0.39 is 0 Å². The largest absolute Gasteiger partial charge is 0.412 e. The van der Waals surface area contributed by atoms with Gasteiger partial charge in [-0.3, -0.25) is 0 Å². The first kappa shape index (κ1) is 36.1. The Bertz CT molecular complexity index is 8.00. The molecule has 4 heteroatoms. The van der Waals surface area contributed by atoms with Gasteiger partial charge in [-0.1, -0.05) is 0 Å². The van der Waals surface area contributed by atoms with E-state index in [1.165, 1.54) is 0 Å². The van der Waals surface area contributed by atoms with Crippen LogP contribution in [0.3, 0.4) is 0 Å². The van der Waals surface area contributed by atoms with Crippen molar-refractivity contribution in [3.05, 3.63) is 0 Å². The minimum absolute atomic E-state index is 0. The van der Waals surface area contributed by atoms with Gasteiger partial charge in [0, 0.05) is 65.2 Å². The first-order valence-corrected chi connectivity index (χ1v) is 0. The van der Waals surface area contributed by atoms with Crippen molar-refractivity contribution in [3.8, 4) is 0 Å². The summed E-state index contributed by atoms with van der Waals surface area (Å²) in [5.74, 6) is 0. The van der Waals surface area contributed by atoms with Gasteiger partial charge in [-0.2, -0.15) is 0 Å². The molecule has 0 aliphatic rings. The Kier molecular flexibility index (Phi) is 176. The minimum atomic E-state index is 0. The maximum absolute atomic E-state index is 0. The van der Waals surface area contributed by atoms with Gasteiger partial charge < -0.3 is 5.48 Å². The van der Waals surface area contributed by atoms with Gasteiger partial charge in [0.05, 0.1) is 0 Å². The van der Waals surface area contributed by atoms with Gasteiger partial charge >= 0.3 is 0 Å². The van der Waals surface area contributed by atoms with E-state index in [1.54, 1.807) is 0 Å². The minimum Gasteiger partial charge on any atom is -0.412 e. The summed E-state index contributed by atoms with van der Waals surface area (Å²) in [4.78, 5) is 0. The Hall–Kier alpha value is 2.09. The Morgan fingerprint density at radius 3 is 1.00 bits per heavy atom. The molecule has 0 spiro atoms. The third-order valence-electron chi connectivity index (χ3n) is 0.